The molecule has 1 saturated heterocycles. The minimum absolute atomic E-state index is 0.114. The predicted molar refractivity (Wildman–Crippen MR) is 165 cm³/mol. The molecule has 0 aliphatic carbocycles. The van der Waals surface area contributed by atoms with Crippen molar-refractivity contribution in [3.05, 3.63) is 89.2 Å². The summed E-state index contributed by atoms with van der Waals surface area (Å²) in [5, 5.41) is 2.92. The highest BCUT2D eigenvalue weighted by atomic mass is 32.2. The Hall–Kier alpha value is -3.96. The van der Waals surface area contributed by atoms with E-state index in [-0.39, 0.29) is 35.5 Å². The van der Waals surface area contributed by atoms with E-state index >= 15 is 0 Å². The van der Waals surface area contributed by atoms with Gasteiger partial charge in [-0.2, -0.15) is 4.31 Å². The first kappa shape index (κ1) is 32.9. The summed E-state index contributed by atoms with van der Waals surface area (Å²) in [5.41, 5.74) is 2.46. The summed E-state index contributed by atoms with van der Waals surface area (Å²) in [7, 11) is -0.387. The molecule has 0 bridgehead atoms. The Labute approximate surface area is 259 Å². The number of benzene rings is 3. The number of methoxy groups -OCH3 is 2. The fourth-order valence-electron chi connectivity index (χ4n) is 5.18. The van der Waals surface area contributed by atoms with E-state index in [1.807, 2.05) is 18.2 Å². The van der Waals surface area contributed by atoms with Crippen molar-refractivity contribution in [2.24, 2.45) is 0 Å². The van der Waals surface area contributed by atoms with Gasteiger partial charge in [0.25, 0.3) is 0 Å². The lowest BCUT2D eigenvalue weighted by molar-refractivity contribution is -0.140. The highest BCUT2D eigenvalue weighted by molar-refractivity contribution is 7.89. The van der Waals surface area contributed by atoms with E-state index in [1.165, 1.54) is 21.3 Å². The van der Waals surface area contributed by atoms with Crippen LogP contribution in [0.2, 0.25) is 0 Å². The van der Waals surface area contributed by atoms with Crippen LogP contribution in [0.1, 0.15) is 42.9 Å². The smallest absolute Gasteiger partial charge is 0.243 e. The van der Waals surface area contributed by atoms with Crippen LogP contribution in [0.4, 0.5) is 4.39 Å². The van der Waals surface area contributed by atoms with Gasteiger partial charge < -0.3 is 19.7 Å². The van der Waals surface area contributed by atoms with E-state index in [1.54, 1.807) is 57.5 Å². The topological polar surface area (TPSA) is 105 Å². The van der Waals surface area contributed by atoms with Crippen molar-refractivity contribution in [2.75, 3.05) is 33.9 Å². The molecule has 236 valence electrons. The minimum Gasteiger partial charge on any atom is -0.493 e. The second-order valence-electron chi connectivity index (χ2n) is 10.8. The van der Waals surface area contributed by atoms with Gasteiger partial charge in [0.05, 0.1) is 19.1 Å². The molecule has 1 N–H and O–H groups in total. The van der Waals surface area contributed by atoms with Crippen LogP contribution in [0, 0.1) is 5.82 Å². The lowest BCUT2D eigenvalue weighted by Crippen LogP contribution is -2.48. The third-order valence-electron chi connectivity index (χ3n) is 7.85. The highest BCUT2D eigenvalue weighted by Gasteiger charge is 2.28. The molecular weight excluding hydrogens is 585 g/mol. The van der Waals surface area contributed by atoms with E-state index in [0.29, 0.717) is 49.5 Å². The Kier molecular flexibility index (Phi) is 11.4. The molecule has 3 aromatic rings. The van der Waals surface area contributed by atoms with Gasteiger partial charge in [-0.1, -0.05) is 30.3 Å². The molecular formula is C33H40FN3O6S. The van der Waals surface area contributed by atoms with Gasteiger partial charge in [-0.15, -0.1) is 0 Å². The largest absolute Gasteiger partial charge is 0.493 e. The number of carbonyl (C=O) groups excluding carboxylic acids is 2. The van der Waals surface area contributed by atoms with Crippen molar-refractivity contribution in [3.8, 4) is 11.5 Å². The normalized spacial score (nSPS) is 14.2. The molecule has 9 nitrogen and oxygen atoms in total. The van der Waals surface area contributed by atoms with Gasteiger partial charge >= 0.3 is 0 Å². The SMILES string of the molecule is COc1ccc(CCNC(=O)[C@@H](C)N(Cc2ccc(F)cc2)C(=O)CCc2ccc(S(=O)(=O)N3CCCC3)cc2)cc1OC. The average molecular weight is 626 g/mol. The molecule has 2 amide bonds. The average Bonchev–Trinajstić information content (AvgIpc) is 3.59. The monoisotopic (exact) mass is 625 g/mol. The molecule has 4 rings (SSSR count). The Morgan fingerprint density at radius 1 is 0.886 bits per heavy atom. The molecule has 1 aliphatic heterocycles. The Morgan fingerprint density at radius 2 is 1.50 bits per heavy atom. The van der Waals surface area contributed by atoms with E-state index in [4.69, 9.17) is 9.47 Å². The second-order valence-corrected chi connectivity index (χ2v) is 12.7. The number of halogens is 1. The zero-order valence-electron chi connectivity index (χ0n) is 25.4. The maximum absolute atomic E-state index is 13.5. The zero-order valence-corrected chi connectivity index (χ0v) is 26.2. The maximum Gasteiger partial charge on any atom is 0.243 e. The molecule has 44 heavy (non-hydrogen) atoms. The maximum atomic E-state index is 13.5. The number of sulfonamides is 1. The van der Waals surface area contributed by atoms with Crippen molar-refractivity contribution < 1.29 is 31.9 Å². The molecule has 0 saturated carbocycles. The van der Waals surface area contributed by atoms with Crippen molar-refractivity contribution in [3.63, 3.8) is 0 Å². The Morgan fingerprint density at radius 3 is 2.14 bits per heavy atom. The predicted octanol–water partition coefficient (Wildman–Crippen LogP) is 4.34. The van der Waals surface area contributed by atoms with Crippen LogP contribution < -0.4 is 14.8 Å². The lowest BCUT2D eigenvalue weighted by Gasteiger charge is -2.29. The molecule has 1 atom stereocenters. The van der Waals surface area contributed by atoms with Gasteiger partial charge in [0.2, 0.25) is 21.8 Å². The molecule has 3 aromatic carbocycles. The van der Waals surface area contributed by atoms with Crippen molar-refractivity contribution in [2.45, 2.75) is 56.5 Å². The van der Waals surface area contributed by atoms with Crippen LogP contribution in [-0.4, -0.2) is 69.3 Å². The van der Waals surface area contributed by atoms with Crippen molar-refractivity contribution in [1.29, 1.82) is 0 Å². The number of hydrogen-bond acceptors (Lipinski definition) is 6. The molecule has 0 aromatic heterocycles. The number of nitrogens with one attached hydrogen (secondary N) is 1. The zero-order chi connectivity index (χ0) is 31.7. The van der Waals surface area contributed by atoms with Crippen LogP contribution in [0.5, 0.6) is 11.5 Å². The number of carbonyl (C=O) groups is 2. The summed E-state index contributed by atoms with van der Waals surface area (Å²) in [6.45, 7) is 3.22. The molecule has 0 spiro atoms. The van der Waals surface area contributed by atoms with E-state index in [0.717, 1.165) is 24.0 Å². The van der Waals surface area contributed by atoms with Crippen LogP contribution in [-0.2, 0) is 39.0 Å². The Balaban J connectivity index is 1.39. The summed E-state index contributed by atoms with van der Waals surface area (Å²) in [6, 6.07) is 17.2. The Bertz CT molecular complexity index is 1520. The quantitative estimate of drug-likeness (QED) is 0.286. The number of aryl methyl sites for hydroxylation is 1. The van der Waals surface area contributed by atoms with Gasteiger partial charge in [0, 0.05) is 32.6 Å². The highest BCUT2D eigenvalue weighted by Crippen LogP contribution is 2.27. The van der Waals surface area contributed by atoms with Crippen molar-refractivity contribution in [1.82, 2.24) is 14.5 Å². The van der Waals surface area contributed by atoms with Gasteiger partial charge in [-0.3, -0.25) is 9.59 Å². The fraction of sp³-hybridized carbons (Fsp3) is 0.394. The molecule has 1 heterocycles. The van der Waals surface area contributed by atoms with E-state index < -0.39 is 16.1 Å². The molecule has 1 aliphatic rings. The number of ether oxygens (including phenoxy) is 2. The summed E-state index contributed by atoms with van der Waals surface area (Å²) in [5.74, 6) is 0.279. The van der Waals surface area contributed by atoms with Gasteiger partial charge in [-0.25, -0.2) is 12.8 Å². The summed E-state index contributed by atoms with van der Waals surface area (Å²) in [6.07, 6.45) is 2.76. The van der Waals surface area contributed by atoms with Gasteiger partial charge in [0.15, 0.2) is 11.5 Å². The van der Waals surface area contributed by atoms with Crippen LogP contribution in [0.3, 0.4) is 0 Å². The number of hydrogen-bond donors (Lipinski definition) is 1. The van der Waals surface area contributed by atoms with Crippen LogP contribution in [0.25, 0.3) is 0 Å². The van der Waals surface area contributed by atoms with Crippen LogP contribution >= 0.6 is 0 Å². The van der Waals surface area contributed by atoms with Gasteiger partial charge in [0.1, 0.15) is 11.9 Å². The molecule has 0 unspecified atom stereocenters. The lowest BCUT2D eigenvalue weighted by atomic mass is 10.1. The second kappa shape index (κ2) is 15.2. The number of rotatable bonds is 14. The fourth-order valence-corrected chi connectivity index (χ4v) is 6.70. The first-order chi connectivity index (χ1) is 21.1. The van der Waals surface area contributed by atoms with E-state index in [2.05, 4.69) is 5.32 Å². The number of amides is 2. The molecule has 1 fully saturated rings. The van der Waals surface area contributed by atoms with Crippen molar-refractivity contribution >= 4 is 21.8 Å². The summed E-state index contributed by atoms with van der Waals surface area (Å²) in [4.78, 5) is 28.4. The standard InChI is InChI=1S/C33H40FN3O6S/c1-24(33(39)35-19-18-26-10-16-30(42-2)31(22-26)43-3)37(23-27-6-12-28(34)13-7-27)32(38)17-11-25-8-14-29(15-9-25)44(40,41)36-20-4-5-21-36/h6-10,12-16,22,24H,4-5,11,17-21,23H2,1-3H3,(H,35,39)/t24-/m1/s1. The third-order valence-corrected chi connectivity index (χ3v) is 9.76. The summed E-state index contributed by atoms with van der Waals surface area (Å²) < 4.78 is 51.3. The third kappa shape index (κ3) is 8.35. The number of nitrogens with zero attached hydrogens (tertiary/aromatic N) is 2. The minimum atomic E-state index is -3.52. The van der Waals surface area contributed by atoms with E-state index in [9.17, 15) is 22.4 Å². The van der Waals surface area contributed by atoms with Gasteiger partial charge in [-0.05, 0) is 85.7 Å². The summed E-state index contributed by atoms with van der Waals surface area (Å²) >= 11 is 0. The molecule has 0 radical (unpaired) electrons. The molecule has 11 heteroatoms. The first-order valence-corrected chi connectivity index (χ1v) is 16.2. The van der Waals surface area contributed by atoms with Crippen LogP contribution in [0.15, 0.2) is 71.6 Å². The first-order valence-electron chi connectivity index (χ1n) is 14.7.